The van der Waals surface area contributed by atoms with E-state index in [0.29, 0.717) is 25.7 Å². The molecule has 2 aromatic rings. The molecule has 7 heteroatoms. The predicted molar refractivity (Wildman–Crippen MR) is 139 cm³/mol. The van der Waals surface area contributed by atoms with Gasteiger partial charge >= 0.3 is 0 Å². The Morgan fingerprint density at radius 2 is 1.90 bits per heavy atom. The molecule has 2 aromatic carbocycles. The quantitative estimate of drug-likeness (QED) is 0.178. The Morgan fingerprint density at radius 1 is 1.16 bits per heavy atom. The van der Waals surface area contributed by atoms with Crippen molar-refractivity contribution in [1.82, 2.24) is 10.6 Å². The van der Waals surface area contributed by atoms with Crippen LogP contribution in [0.4, 0.5) is 5.69 Å². The molecule has 0 fully saturated rings. The minimum atomic E-state index is -0.00635. The second-order valence-electron chi connectivity index (χ2n) is 6.99. The van der Waals surface area contributed by atoms with Crippen molar-refractivity contribution in [3.05, 3.63) is 72.3 Å². The van der Waals surface area contributed by atoms with Crippen LogP contribution in [0.2, 0.25) is 0 Å². The van der Waals surface area contributed by atoms with Crippen LogP contribution in [0.1, 0.15) is 31.4 Å². The maximum absolute atomic E-state index is 12.1. The van der Waals surface area contributed by atoms with Gasteiger partial charge in [-0.2, -0.15) is 0 Å². The first-order valence-corrected chi connectivity index (χ1v) is 10.2. The topological polar surface area (TPSA) is 74.8 Å². The number of ether oxygens (including phenoxy) is 1. The lowest BCUT2D eigenvalue weighted by Crippen LogP contribution is -2.36. The van der Waals surface area contributed by atoms with E-state index in [2.05, 4.69) is 27.5 Å². The van der Waals surface area contributed by atoms with Gasteiger partial charge in [0.05, 0.1) is 0 Å². The number of hydrogen-bond donors (Lipinski definition) is 3. The fourth-order valence-electron chi connectivity index (χ4n) is 2.73. The fourth-order valence-corrected chi connectivity index (χ4v) is 2.73. The Labute approximate surface area is 202 Å². The monoisotopic (exact) mass is 536 g/mol. The zero-order valence-corrected chi connectivity index (χ0v) is 20.8. The molecule has 0 spiro atoms. The number of carbonyl (C=O) groups excluding carboxylic acids is 1. The summed E-state index contributed by atoms with van der Waals surface area (Å²) in [5.74, 6) is 1.54. The summed E-state index contributed by atoms with van der Waals surface area (Å²) >= 11 is 0. The minimum Gasteiger partial charge on any atom is -0.489 e. The van der Waals surface area contributed by atoms with Crippen LogP contribution in [0, 0.1) is 5.92 Å². The first-order valence-electron chi connectivity index (χ1n) is 10.2. The van der Waals surface area contributed by atoms with Crippen molar-refractivity contribution in [1.29, 1.82) is 0 Å². The largest absolute Gasteiger partial charge is 0.489 e. The molecule has 2 rings (SSSR count). The van der Waals surface area contributed by atoms with Crippen molar-refractivity contribution in [3.8, 4) is 5.75 Å². The maximum Gasteiger partial charge on any atom is 0.227 e. The molecule has 31 heavy (non-hydrogen) atoms. The van der Waals surface area contributed by atoms with Gasteiger partial charge < -0.3 is 20.7 Å². The van der Waals surface area contributed by atoms with E-state index in [-0.39, 0.29) is 35.8 Å². The van der Waals surface area contributed by atoms with Crippen molar-refractivity contribution < 1.29 is 9.53 Å². The summed E-state index contributed by atoms with van der Waals surface area (Å²) in [6, 6.07) is 15.7. The number of nitrogens with one attached hydrogen (secondary N) is 3. The van der Waals surface area contributed by atoms with Crippen LogP contribution in [0.5, 0.6) is 5.75 Å². The summed E-state index contributed by atoms with van der Waals surface area (Å²) in [5.41, 5.74) is 2.89. The molecule has 0 saturated heterocycles. The van der Waals surface area contributed by atoms with Gasteiger partial charge in [0.25, 0.3) is 0 Å². The number of rotatable bonds is 10. The van der Waals surface area contributed by atoms with Crippen molar-refractivity contribution in [2.75, 3.05) is 19.0 Å². The normalized spacial score (nSPS) is 11.6. The summed E-state index contributed by atoms with van der Waals surface area (Å²) in [7, 11) is 1.73. The Hall–Kier alpha value is -2.55. The van der Waals surface area contributed by atoms with Gasteiger partial charge in [0.2, 0.25) is 5.91 Å². The van der Waals surface area contributed by atoms with Crippen molar-refractivity contribution in [2.24, 2.45) is 10.9 Å². The number of anilines is 1. The number of aliphatic imine (C=N–C) groups is 1. The zero-order chi connectivity index (χ0) is 21.8. The molecule has 1 unspecified atom stereocenters. The second-order valence-corrected chi connectivity index (χ2v) is 6.99. The average molecular weight is 536 g/mol. The molecule has 0 bridgehead atoms. The number of benzene rings is 2. The Bertz CT molecular complexity index is 870. The average Bonchev–Trinajstić information content (AvgIpc) is 2.78. The fraction of sp³-hybridized carbons (Fsp3) is 0.333. The first kappa shape index (κ1) is 26.5. The lowest BCUT2D eigenvalue weighted by molar-refractivity contribution is -0.119. The Morgan fingerprint density at radius 3 is 2.61 bits per heavy atom. The molecule has 0 aliphatic heterocycles. The third-order valence-electron chi connectivity index (χ3n) is 4.71. The zero-order valence-electron chi connectivity index (χ0n) is 18.5. The molecule has 0 aliphatic carbocycles. The van der Waals surface area contributed by atoms with Gasteiger partial charge in [0.15, 0.2) is 5.96 Å². The Balaban J connectivity index is 0.00000480. The van der Waals surface area contributed by atoms with Crippen molar-refractivity contribution in [2.45, 2.75) is 33.4 Å². The smallest absolute Gasteiger partial charge is 0.227 e. The highest BCUT2D eigenvalue weighted by atomic mass is 127. The van der Waals surface area contributed by atoms with Gasteiger partial charge in [-0.05, 0) is 30.2 Å². The van der Waals surface area contributed by atoms with Crippen molar-refractivity contribution >= 4 is 41.5 Å². The highest BCUT2D eigenvalue weighted by molar-refractivity contribution is 14.0. The molecular weight excluding hydrogens is 503 g/mol. The molecule has 0 saturated carbocycles. The van der Waals surface area contributed by atoms with Crippen LogP contribution >= 0.6 is 24.0 Å². The lowest BCUT2D eigenvalue weighted by atomic mass is 10.1. The first-order chi connectivity index (χ1) is 14.6. The number of hydrogen-bond acceptors (Lipinski definition) is 3. The molecule has 168 valence electrons. The van der Waals surface area contributed by atoms with E-state index in [0.717, 1.165) is 29.0 Å². The SMILES string of the molecule is C=CCOc1ccccc1CNC(=NC)NCc1cccc(NC(=O)C(C)CC)c1.I. The standard InChI is InChI=1S/C24H32N4O2.HI/c1-5-14-30-22-13-8-7-11-20(22)17-27-24(25-4)26-16-19-10-9-12-21(15-19)28-23(29)18(3)6-2;/h5,7-13,15,18H,1,6,14,16-17H2,2-4H3,(H,28,29)(H2,25,26,27);1H. The molecule has 1 amide bonds. The third-order valence-corrected chi connectivity index (χ3v) is 4.71. The molecule has 0 aliphatic rings. The molecular formula is C24H33IN4O2. The van der Waals surface area contributed by atoms with E-state index in [1.165, 1.54) is 0 Å². The van der Waals surface area contributed by atoms with Gasteiger partial charge in [-0.25, -0.2) is 0 Å². The third kappa shape index (κ3) is 9.00. The molecule has 1 atom stereocenters. The van der Waals surface area contributed by atoms with E-state index in [1.54, 1.807) is 13.1 Å². The van der Waals surface area contributed by atoms with E-state index in [9.17, 15) is 4.79 Å². The molecule has 3 N–H and O–H groups in total. The van der Waals surface area contributed by atoms with E-state index in [4.69, 9.17) is 4.74 Å². The Kier molecular flexibility index (Phi) is 12.3. The van der Waals surface area contributed by atoms with Gasteiger partial charge in [-0.15, -0.1) is 24.0 Å². The number of carbonyl (C=O) groups is 1. The van der Waals surface area contributed by atoms with Crippen LogP contribution < -0.4 is 20.7 Å². The highest BCUT2D eigenvalue weighted by Crippen LogP contribution is 2.17. The molecule has 6 nitrogen and oxygen atoms in total. The predicted octanol–water partition coefficient (Wildman–Crippen LogP) is 4.72. The molecule has 0 aromatic heterocycles. The summed E-state index contributed by atoms with van der Waals surface area (Å²) in [4.78, 5) is 16.4. The second kappa shape index (κ2) is 14.5. The lowest BCUT2D eigenvalue weighted by Gasteiger charge is -2.15. The van der Waals surface area contributed by atoms with Gasteiger partial charge in [0, 0.05) is 37.3 Å². The summed E-state index contributed by atoms with van der Waals surface area (Å²) in [6.07, 6.45) is 2.54. The number of nitrogens with zero attached hydrogens (tertiary/aromatic N) is 1. The molecule has 0 heterocycles. The van der Waals surface area contributed by atoms with Crippen molar-refractivity contribution in [3.63, 3.8) is 0 Å². The number of halogens is 1. The summed E-state index contributed by atoms with van der Waals surface area (Å²) in [5, 5.41) is 9.58. The van der Waals surface area contributed by atoms with E-state index < -0.39 is 0 Å². The van der Waals surface area contributed by atoms with Gasteiger partial charge in [-0.1, -0.05) is 56.8 Å². The minimum absolute atomic E-state index is 0. The maximum atomic E-state index is 12.1. The van der Waals surface area contributed by atoms with Crippen LogP contribution in [-0.4, -0.2) is 25.5 Å². The van der Waals surface area contributed by atoms with E-state index in [1.807, 2.05) is 62.4 Å². The van der Waals surface area contributed by atoms with Gasteiger partial charge in [-0.3, -0.25) is 9.79 Å². The highest BCUT2D eigenvalue weighted by Gasteiger charge is 2.10. The summed E-state index contributed by atoms with van der Waals surface area (Å²) in [6.45, 7) is 9.25. The number of para-hydroxylation sites is 1. The van der Waals surface area contributed by atoms with Crippen LogP contribution in [0.25, 0.3) is 0 Å². The van der Waals surface area contributed by atoms with Crippen LogP contribution in [-0.2, 0) is 17.9 Å². The van der Waals surface area contributed by atoms with Crippen LogP contribution in [0.3, 0.4) is 0 Å². The molecule has 0 radical (unpaired) electrons. The van der Waals surface area contributed by atoms with Crippen LogP contribution in [0.15, 0.2) is 66.2 Å². The summed E-state index contributed by atoms with van der Waals surface area (Å²) < 4.78 is 5.70. The number of amides is 1. The van der Waals surface area contributed by atoms with E-state index >= 15 is 0 Å². The van der Waals surface area contributed by atoms with Gasteiger partial charge in [0.1, 0.15) is 12.4 Å². The number of guanidine groups is 1.